The van der Waals surface area contributed by atoms with Gasteiger partial charge in [-0.15, -0.1) is 0 Å². The number of aromatic carboxylic acids is 1. The molecular weight excluding hydrogens is 465 g/mol. The zero-order chi connectivity index (χ0) is 19.7. The number of ether oxygens (including phenoxy) is 1. The highest BCUT2D eigenvalue weighted by Gasteiger charge is 2.13. The van der Waals surface area contributed by atoms with Crippen LogP contribution in [0.4, 0.5) is 0 Å². The first kappa shape index (κ1) is 18.4. The monoisotopic (exact) mass is 481 g/mol. The molecule has 0 unspecified atom stereocenters. The minimum atomic E-state index is -0.953. The zero-order valence-electron chi connectivity index (χ0n) is 15.0. The van der Waals surface area contributed by atoms with Crippen molar-refractivity contribution >= 4 is 39.5 Å². The van der Waals surface area contributed by atoms with E-state index < -0.39 is 5.97 Å². The van der Waals surface area contributed by atoms with E-state index in [1.54, 1.807) is 13.2 Å². The molecule has 0 radical (unpaired) electrons. The minimum Gasteiger partial charge on any atom is -0.497 e. The quantitative estimate of drug-likeness (QED) is 0.370. The number of benzene rings is 3. The lowest BCUT2D eigenvalue weighted by Gasteiger charge is -2.09. The summed E-state index contributed by atoms with van der Waals surface area (Å²) in [6, 6.07) is 23.1. The van der Waals surface area contributed by atoms with Gasteiger partial charge in [0.15, 0.2) is 0 Å². The van der Waals surface area contributed by atoms with Gasteiger partial charge in [0.25, 0.3) is 0 Å². The first-order valence-corrected chi connectivity index (χ1v) is 9.71. The van der Waals surface area contributed by atoms with Crippen molar-refractivity contribution in [1.29, 1.82) is 0 Å². The van der Waals surface area contributed by atoms with Crippen LogP contribution in [0.1, 0.15) is 10.4 Å². The Kier molecular flexibility index (Phi) is 5.00. The Balaban J connectivity index is 1.75. The fraction of sp³-hybridized carbons (Fsp3) is 0.0435. The summed E-state index contributed by atoms with van der Waals surface area (Å²) in [5.74, 6) is -0.137. The van der Waals surface area contributed by atoms with Gasteiger partial charge in [-0.2, -0.15) is 0 Å². The van der Waals surface area contributed by atoms with E-state index in [1.807, 2.05) is 66.7 Å². The highest BCUT2D eigenvalue weighted by molar-refractivity contribution is 14.1. The number of aromatic nitrogens is 1. The zero-order valence-corrected chi connectivity index (χ0v) is 17.2. The molecule has 0 amide bonds. The molecule has 0 saturated carbocycles. The van der Waals surface area contributed by atoms with Crippen molar-refractivity contribution in [2.45, 2.75) is 0 Å². The summed E-state index contributed by atoms with van der Waals surface area (Å²) in [6.45, 7) is 0. The molecule has 0 aliphatic carbocycles. The Morgan fingerprint density at radius 2 is 1.50 bits per heavy atom. The molecule has 0 spiro atoms. The molecule has 1 aromatic heterocycles. The number of pyridine rings is 1. The average Bonchev–Trinajstić information content (AvgIpc) is 2.73. The summed E-state index contributed by atoms with van der Waals surface area (Å²) in [4.78, 5) is 16.4. The van der Waals surface area contributed by atoms with Crippen LogP contribution in [0.2, 0.25) is 0 Å². The number of hydrogen-bond acceptors (Lipinski definition) is 3. The fourth-order valence-electron chi connectivity index (χ4n) is 3.14. The lowest BCUT2D eigenvalue weighted by Crippen LogP contribution is -2.00. The molecule has 4 rings (SSSR count). The van der Waals surface area contributed by atoms with Gasteiger partial charge in [0, 0.05) is 14.5 Å². The number of rotatable bonds is 4. The van der Waals surface area contributed by atoms with E-state index in [2.05, 4.69) is 27.6 Å². The molecular formula is C23H16INO3. The first-order valence-electron chi connectivity index (χ1n) is 8.63. The number of hydrogen-bond donors (Lipinski definition) is 1. The summed E-state index contributed by atoms with van der Waals surface area (Å²) in [7, 11) is 1.65. The van der Waals surface area contributed by atoms with Crippen LogP contribution in [0.3, 0.4) is 0 Å². The molecule has 28 heavy (non-hydrogen) atoms. The highest BCUT2D eigenvalue weighted by Crippen LogP contribution is 2.29. The molecule has 3 aromatic carbocycles. The Morgan fingerprint density at radius 1 is 0.893 bits per heavy atom. The number of halogens is 1. The Morgan fingerprint density at radius 3 is 2.11 bits per heavy atom. The maximum Gasteiger partial charge on any atom is 0.336 e. The lowest BCUT2D eigenvalue weighted by atomic mass is 10.0. The molecule has 0 fully saturated rings. The topological polar surface area (TPSA) is 59.4 Å². The molecule has 1 heterocycles. The third-order valence-corrected chi connectivity index (χ3v) is 5.28. The van der Waals surface area contributed by atoms with Gasteiger partial charge in [0.05, 0.1) is 23.9 Å². The molecule has 138 valence electrons. The van der Waals surface area contributed by atoms with Crippen LogP contribution in [0.25, 0.3) is 33.3 Å². The van der Waals surface area contributed by atoms with Crippen LogP contribution in [0, 0.1) is 3.57 Å². The van der Waals surface area contributed by atoms with Crippen molar-refractivity contribution in [1.82, 2.24) is 4.98 Å². The second-order valence-corrected chi connectivity index (χ2v) is 7.57. The number of nitrogens with zero attached hydrogens (tertiary/aromatic N) is 1. The molecule has 0 aliphatic heterocycles. The van der Waals surface area contributed by atoms with Crippen LogP contribution in [0.15, 0.2) is 72.8 Å². The van der Waals surface area contributed by atoms with Gasteiger partial charge in [-0.3, -0.25) is 0 Å². The van der Waals surface area contributed by atoms with E-state index in [0.717, 1.165) is 26.0 Å². The maximum atomic E-state index is 11.8. The number of carboxylic acid groups (broad SMARTS) is 1. The fourth-order valence-corrected chi connectivity index (χ4v) is 3.63. The predicted octanol–water partition coefficient (Wildman–Crippen LogP) is 5.88. The van der Waals surface area contributed by atoms with Gasteiger partial charge < -0.3 is 9.84 Å². The van der Waals surface area contributed by atoms with E-state index in [4.69, 9.17) is 4.74 Å². The maximum absolute atomic E-state index is 11.8. The SMILES string of the molecule is COc1ccc(-c2ccc(-c3cc(C(=O)O)c4cc(I)ccc4n3)cc2)cc1. The van der Waals surface area contributed by atoms with Gasteiger partial charge in [-0.1, -0.05) is 36.4 Å². The normalized spacial score (nSPS) is 10.8. The highest BCUT2D eigenvalue weighted by atomic mass is 127. The third-order valence-electron chi connectivity index (χ3n) is 4.61. The van der Waals surface area contributed by atoms with Crippen molar-refractivity contribution in [3.63, 3.8) is 0 Å². The van der Waals surface area contributed by atoms with Crippen LogP contribution >= 0.6 is 22.6 Å². The first-order chi connectivity index (χ1) is 13.5. The predicted molar refractivity (Wildman–Crippen MR) is 119 cm³/mol. The minimum absolute atomic E-state index is 0.262. The number of carboxylic acids is 1. The van der Waals surface area contributed by atoms with Crippen LogP contribution in [-0.4, -0.2) is 23.2 Å². The van der Waals surface area contributed by atoms with Crippen molar-refractivity contribution in [3.8, 4) is 28.1 Å². The largest absolute Gasteiger partial charge is 0.497 e. The number of methoxy groups -OCH3 is 1. The Bertz CT molecular complexity index is 1170. The van der Waals surface area contributed by atoms with Gasteiger partial charge in [-0.05, 0) is 70.1 Å². The molecule has 4 nitrogen and oxygen atoms in total. The molecule has 0 bridgehead atoms. The molecule has 5 heteroatoms. The second kappa shape index (κ2) is 7.59. The molecule has 0 atom stereocenters. The average molecular weight is 481 g/mol. The van der Waals surface area contributed by atoms with Crippen molar-refractivity contribution < 1.29 is 14.6 Å². The summed E-state index contributed by atoms with van der Waals surface area (Å²) in [5.41, 5.74) is 4.61. The van der Waals surface area contributed by atoms with Crippen LogP contribution < -0.4 is 4.74 Å². The van der Waals surface area contributed by atoms with Crippen LogP contribution in [-0.2, 0) is 0 Å². The van der Waals surface area contributed by atoms with Gasteiger partial charge >= 0.3 is 5.97 Å². The lowest BCUT2D eigenvalue weighted by molar-refractivity contribution is 0.0699. The molecule has 4 aromatic rings. The van der Waals surface area contributed by atoms with Gasteiger partial charge in [0.1, 0.15) is 5.75 Å². The van der Waals surface area contributed by atoms with Crippen molar-refractivity contribution in [2.24, 2.45) is 0 Å². The summed E-state index contributed by atoms with van der Waals surface area (Å²) < 4.78 is 6.18. The van der Waals surface area contributed by atoms with Gasteiger partial charge in [-0.25, -0.2) is 9.78 Å². The smallest absolute Gasteiger partial charge is 0.336 e. The van der Waals surface area contributed by atoms with E-state index in [-0.39, 0.29) is 5.56 Å². The van der Waals surface area contributed by atoms with Crippen molar-refractivity contribution in [3.05, 3.63) is 81.9 Å². The van der Waals surface area contributed by atoms with E-state index in [1.165, 1.54) is 0 Å². The second-order valence-electron chi connectivity index (χ2n) is 6.33. The van der Waals surface area contributed by atoms with E-state index >= 15 is 0 Å². The molecule has 0 saturated heterocycles. The number of fused-ring (bicyclic) bond motifs is 1. The van der Waals surface area contributed by atoms with E-state index in [0.29, 0.717) is 16.6 Å². The summed E-state index contributed by atoms with van der Waals surface area (Å²) >= 11 is 2.17. The number of carbonyl (C=O) groups is 1. The summed E-state index contributed by atoms with van der Waals surface area (Å²) in [5, 5.41) is 10.3. The standard InChI is InChI=1S/C23H16INO3/c1-28-18-9-6-15(7-10-18)14-2-4-16(5-3-14)22-13-20(23(26)27)19-12-17(24)8-11-21(19)25-22/h2-13H,1H3,(H,26,27). The molecule has 0 aliphatic rings. The Hall–Kier alpha value is -2.93. The summed E-state index contributed by atoms with van der Waals surface area (Å²) in [6.07, 6.45) is 0. The van der Waals surface area contributed by atoms with Crippen LogP contribution in [0.5, 0.6) is 5.75 Å². The molecule has 1 N–H and O–H groups in total. The van der Waals surface area contributed by atoms with Gasteiger partial charge in [0.2, 0.25) is 0 Å². The van der Waals surface area contributed by atoms with E-state index in [9.17, 15) is 9.90 Å². The Labute approximate surface area is 176 Å². The third kappa shape index (κ3) is 3.57. The van der Waals surface area contributed by atoms with Crippen molar-refractivity contribution in [2.75, 3.05) is 7.11 Å².